The fourth-order valence-electron chi connectivity index (χ4n) is 1.99. The third-order valence-electron chi connectivity index (χ3n) is 3.31. The minimum absolute atomic E-state index is 0.286. The summed E-state index contributed by atoms with van der Waals surface area (Å²) in [7, 11) is 0. The Hall–Kier alpha value is -2.50. The summed E-state index contributed by atoms with van der Waals surface area (Å²) in [5.41, 5.74) is 1.29. The molecule has 0 aliphatic heterocycles. The zero-order chi connectivity index (χ0) is 17.0. The largest absolute Gasteiger partial charge is 0.416 e. The smallest absolute Gasteiger partial charge is 0.308 e. The van der Waals surface area contributed by atoms with Gasteiger partial charge in [0.2, 0.25) is 0 Å². The van der Waals surface area contributed by atoms with Gasteiger partial charge in [-0.05, 0) is 47.9 Å². The highest BCUT2D eigenvalue weighted by atomic mass is 19.4. The van der Waals surface area contributed by atoms with E-state index in [1.807, 2.05) is 12.1 Å². The van der Waals surface area contributed by atoms with Crippen LogP contribution in [0.15, 0.2) is 48.5 Å². The van der Waals surface area contributed by atoms with Crippen molar-refractivity contribution in [3.8, 4) is 0 Å². The molecule has 2 N–H and O–H groups in total. The average Bonchev–Trinajstić information content (AvgIpc) is 2.47. The Morgan fingerprint density at radius 3 is 1.70 bits per heavy atom. The number of carbonyl (C=O) groups is 1. The first-order chi connectivity index (χ1) is 10.8. The SMILES string of the molecule is CC(C)c1ccc(NC(=O)Nc2ccc(C(F)(F)F)cc2)cc1. The van der Waals surface area contributed by atoms with Gasteiger partial charge in [-0.25, -0.2) is 4.79 Å². The molecule has 0 radical (unpaired) electrons. The van der Waals surface area contributed by atoms with Crippen LogP contribution in [0.3, 0.4) is 0 Å². The van der Waals surface area contributed by atoms with E-state index in [1.165, 1.54) is 12.1 Å². The highest BCUT2D eigenvalue weighted by Gasteiger charge is 2.29. The van der Waals surface area contributed by atoms with Crippen molar-refractivity contribution < 1.29 is 18.0 Å². The third-order valence-corrected chi connectivity index (χ3v) is 3.31. The Balaban J connectivity index is 1.96. The Labute approximate surface area is 132 Å². The lowest BCUT2D eigenvalue weighted by Crippen LogP contribution is -2.19. The second kappa shape index (κ2) is 6.73. The second-order valence-corrected chi connectivity index (χ2v) is 5.43. The molecule has 0 aliphatic rings. The molecule has 2 rings (SSSR count). The summed E-state index contributed by atoms with van der Waals surface area (Å²) in [6, 6.07) is 11.1. The predicted octanol–water partition coefficient (Wildman–Crippen LogP) is 5.47. The number of benzene rings is 2. The minimum Gasteiger partial charge on any atom is -0.308 e. The van der Waals surface area contributed by atoms with Crippen molar-refractivity contribution >= 4 is 17.4 Å². The topological polar surface area (TPSA) is 41.1 Å². The van der Waals surface area contributed by atoms with Gasteiger partial charge in [0.25, 0.3) is 0 Å². The van der Waals surface area contributed by atoms with Crippen LogP contribution in [0, 0.1) is 0 Å². The van der Waals surface area contributed by atoms with Gasteiger partial charge in [0.1, 0.15) is 0 Å². The summed E-state index contributed by atoms with van der Waals surface area (Å²) in [4.78, 5) is 11.8. The van der Waals surface area contributed by atoms with Crippen LogP contribution in [-0.4, -0.2) is 6.03 Å². The van der Waals surface area contributed by atoms with Crippen molar-refractivity contribution in [1.82, 2.24) is 0 Å². The molecule has 2 aromatic carbocycles. The summed E-state index contributed by atoms with van der Waals surface area (Å²) in [6.07, 6.45) is -4.39. The number of hydrogen-bond donors (Lipinski definition) is 2. The van der Waals surface area contributed by atoms with E-state index in [0.29, 0.717) is 11.6 Å². The molecule has 0 bridgehead atoms. The average molecular weight is 322 g/mol. The molecule has 23 heavy (non-hydrogen) atoms. The van der Waals surface area contributed by atoms with E-state index in [4.69, 9.17) is 0 Å². The van der Waals surface area contributed by atoms with Gasteiger partial charge in [0.05, 0.1) is 5.56 Å². The first-order valence-corrected chi connectivity index (χ1v) is 7.11. The molecule has 0 aromatic heterocycles. The number of anilines is 2. The molecule has 0 aliphatic carbocycles. The molecule has 0 saturated carbocycles. The lowest BCUT2D eigenvalue weighted by Gasteiger charge is -2.11. The molecule has 0 fully saturated rings. The molecule has 2 amide bonds. The van der Waals surface area contributed by atoms with E-state index in [1.54, 1.807) is 12.1 Å². The molecule has 6 heteroatoms. The van der Waals surface area contributed by atoms with Crippen LogP contribution >= 0.6 is 0 Å². The van der Waals surface area contributed by atoms with E-state index >= 15 is 0 Å². The molecular formula is C17H17F3N2O. The van der Waals surface area contributed by atoms with Gasteiger partial charge in [-0.3, -0.25) is 0 Å². The molecule has 122 valence electrons. The van der Waals surface area contributed by atoms with Crippen LogP contribution in [0.5, 0.6) is 0 Å². The Bertz CT molecular complexity index is 662. The van der Waals surface area contributed by atoms with Gasteiger partial charge in [0, 0.05) is 11.4 Å². The summed E-state index contributed by atoms with van der Waals surface area (Å²) in [5, 5.41) is 5.12. The fourth-order valence-corrected chi connectivity index (χ4v) is 1.99. The monoisotopic (exact) mass is 322 g/mol. The van der Waals surface area contributed by atoms with E-state index in [0.717, 1.165) is 17.7 Å². The fraction of sp³-hybridized carbons (Fsp3) is 0.235. The van der Waals surface area contributed by atoms with Crippen LogP contribution in [0.2, 0.25) is 0 Å². The van der Waals surface area contributed by atoms with Crippen molar-refractivity contribution in [3.05, 3.63) is 59.7 Å². The van der Waals surface area contributed by atoms with Crippen molar-refractivity contribution in [3.63, 3.8) is 0 Å². The van der Waals surface area contributed by atoms with E-state index in [9.17, 15) is 18.0 Å². The van der Waals surface area contributed by atoms with Crippen molar-refractivity contribution in [1.29, 1.82) is 0 Å². The van der Waals surface area contributed by atoms with E-state index in [-0.39, 0.29) is 5.69 Å². The number of alkyl halides is 3. The molecule has 0 heterocycles. The van der Waals surface area contributed by atoms with Crippen molar-refractivity contribution in [2.75, 3.05) is 10.6 Å². The first-order valence-electron chi connectivity index (χ1n) is 7.11. The molecule has 0 saturated heterocycles. The Kier molecular flexibility index (Phi) is 4.93. The highest BCUT2D eigenvalue weighted by molar-refractivity contribution is 5.99. The Morgan fingerprint density at radius 2 is 1.30 bits per heavy atom. The Morgan fingerprint density at radius 1 is 0.870 bits per heavy atom. The van der Waals surface area contributed by atoms with Crippen molar-refractivity contribution in [2.45, 2.75) is 25.9 Å². The number of urea groups is 1. The van der Waals surface area contributed by atoms with Crippen LogP contribution in [0.4, 0.5) is 29.3 Å². The minimum atomic E-state index is -4.39. The maximum absolute atomic E-state index is 12.5. The standard InChI is InChI=1S/C17H17F3N2O/c1-11(2)12-3-7-14(8-4-12)21-16(23)22-15-9-5-13(6-10-15)17(18,19)20/h3-11H,1-2H3,(H2,21,22,23). The summed E-state index contributed by atoms with van der Waals surface area (Å²) in [6.45, 7) is 4.14. The van der Waals surface area contributed by atoms with E-state index < -0.39 is 17.8 Å². The first kappa shape index (κ1) is 16.9. The molecule has 0 spiro atoms. The van der Waals surface area contributed by atoms with Gasteiger partial charge >= 0.3 is 12.2 Å². The van der Waals surface area contributed by atoms with Crippen LogP contribution in [0.1, 0.15) is 30.9 Å². The zero-order valence-corrected chi connectivity index (χ0v) is 12.7. The second-order valence-electron chi connectivity index (χ2n) is 5.43. The van der Waals surface area contributed by atoms with Crippen LogP contribution in [0.25, 0.3) is 0 Å². The molecule has 3 nitrogen and oxygen atoms in total. The number of amides is 2. The number of halogens is 3. The lowest BCUT2D eigenvalue weighted by molar-refractivity contribution is -0.137. The van der Waals surface area contributed by atoms with Crippen molar-refractivity contribution in [2.24, 2.45) is 0 Å². The quantitative estimate of drug-likeness (QED) is 0.772. The lowest BCUT2D eigenvalue weighted by atomic mass is 10.0. The van der Waals surface area contributed by atoms with Gasteiger partial charge in [-0.2, -0.15) is 13.2 Å². The molecule has 2 aromatic rings. The van der Waals surface area contributed by atoms with Crippen LogP contribution < -0.4 is 10.6 Å². The predicted molar refractivity (Wildman–Crippen MR) is 84.6 cm³/mol. The number of rotatable bonds is 3. The van der Waals surface area contributed by atoms with Gasteiger partial charge in [-0.1, -0.05) is 26.0 Å². The molecule has 0 atom stereocenters. The summed E-state index contributed by atoms with van der Waals surface area (Å²) in [5.74, 6) is 0.394. The normalized spacial score (nSPS) is 11.4. The number of carbonyl (C=O) groups excluding carboxylic acids is 1. The summed E-state index contributed by atoms with van der Waals surface area (Å²) < 4.78 is 37.4. The third kappa shape index (κ3) is 4.74. The number of hydrogen-bond acceptors (Lipinski definition) is 1. The van der Waals surface area contributed by atoms with Gasteiger partial charge in [0.15, 0.2) is 0 Å². The zero-order valence-electron chi connectivity index (χ0n) is 12.7. The highest BCUT2D eigenvalue weighted by Crippen LogP contribution is 2.29. The molecular weight excluding hydrogens is 305 g/mol. The van der Waals surface area contributed by atoms with E-state index in [2.05, 4.69) is 24.5 Å². The number of nitrogens with one attached hydrogen (secondary N) is 2. The molecule has 0 unspecified atom stereocenters. The van der Waals surface area contributed by atoms with Gasteiger partial charge in [-0.15, -0.1) is 0 Å². The maximum atomic E-state index is 12.5. The van der Waals surface area contributed by atoms with Gasteiger partial charge < -0.3 is 10.6 Å². The maximum Gasteiger partial charge on any atom is 0.416 e. The van der Waals surface area contributed by atoms with Crippen LogP contribution in [-0.2, 0) is 6.18 Å². The summed E-state index contributed by atoms with van der Waals surface area (Å²) >= 11 is 0.